The molecule has 0 bridgehead atoms. The van der Waals surface area contributed by atoms with Crippen LogP contribution in [0.5, 0.6) is 5.75 Å². The van der Waals surface area contributed by atoms with Gasteiger partial charge in [0, 0.05) is 25.7 Å². The van der Waals surface area contributed by atoms with Crippen LogP contribution >= 0.6 is 11.8 Å². The second-order valence-electron chi connectivity index (χ2n) is 6.54. The van der Waals surface area contributed by atoms with Crippen molar-refractivity contribution in [2.75, 3.05) is 26.2 Å². The summed E-state index contributed by atoms with van der Waals surface area (Å²) in [6.07, 6.45) is 4.19. The van der Waals surface area contributed by atoms with Crippen molar-refractivity contribution < 1.29 is 18.3 Å². The zero-order valence-electron chi connectivity index (χ0n) is 14.1. The maximum atomic E-state index is 12.2. The third kappa shape index (κ3) is 3.76. The van der Waals surface area contributed by atoms with Gasteiger partial charge >= 0.3 is 6.61 Å². The van der Waals surface area contributed by atoms with E-state index < -0.39 is 6.61 Å². The molecular weight excluding hydrogens is 360 g/mol. The Morgan fingerprint density at radius 2 is 2.04 bits per heavy atom. The summed E-state index contributed by atoms with van der Waals surface area (Å²) in [4.78, 5) is 21.7. The highest BCUT2D eigenvalue weighted by Crippen LogP contribution is 2.32. The van der Waals surface area contributed by atoms with Gasteiger partial charge in [-0.3, -0.25) is 9.69 Å². The fourth-order valence-corrected chi connectivity index (χ4v) is 4.54. The number of carbonyl (C=O) groups excluding carboxylic acids is 1. The first-order valence-corrected chi connectivity index (χ1v) is 9.46. The number of thioether (sulfide) groups is 1. The molecule has 3 aliphatic heterocycles. The van der Waals surface area contributed by atoms with Gasteiger partial charge in [0.2, 0.25) is 0 Å². The van der Waals surface area contributed by atoms with Crippen molar-refractivity contribution in [2.45, 2.75) is 25.5 Å². The molecule has 138 valence electrons. The average Bonchev–Trinajstić information content (AvgIpc) is 3.22. The highest BCUT2D eigenvalue weighted by atomic mass is 32.2. The van der Waals surface area contributed by atoms with E-state index in [1.54, 1.807) is 18.2 Å². The molecule has 26 heavy (non-hydrogen) atoms. The Labute approximate surface area is 154 Å². The summed E-state index contributed by atoms with van der Waals surface area (Å²) in [5, 5.41) is 0.769. The molecule has 1 amide bonds. The van der Waals surface area contributed by atoms with Gasteiger partial charge in [-0.15, -0.1) is 0 Å². The summed E-state index contributed by atoms with van der Waals surface area (Å²) in [6.45, 7) is 1.16. The molecule has 1 atom stereocenters. The first-order valence-electron chi connectivity index (χ1n) is 8.65. The Kier molecular flexibility index (Phi) is 4.95. The van der Waals surface area contributed by atoms with E-state index in [4.69, 9.17) is 0 Å². The number of rotatable bonds is 3. The summed E-state index contributed by atoms with van der Waals surface area (Å²) in [7, 11) is 0. The summed E-state index contributed by atoms with van der Waals surface area (Å²) >= 11 is 1.39. The van der Waals surface area contributed by atoms with Gasteiger partial charge in [-0.25, -0.2) is 0 Å². The van der Waals surface area contributed by atoms with Crippen molar-refractivity contribution in [1.82, 2.24) is 9.80 Å². The molecule has 0 unspecified atom stereocenters. The molecule has 2 fully saturated rings. The first kappa shape index (κ1) is 17.5. The fourth-order valence-electron chi connectivity index (χ4n) is 3.59. The Hall–Kier alpha value is -1.93. The lowest BCUT2D eigenvalue weighted by atomic mass is 10.2. The number of piperazine rings is 1. The number of halogens is 2. The minimum absolute atomic E-state index is 0.0962. The van der Waals surface area contributed by atoms with Crippen LogP contribution in [0, 0.1) is 0 Å². The summed E-state index contributed by atoms with van der Waals surface area (Å²) in [6, 6.07) is 6.78. The van der Waals surface area contributed by atoms with Crippen LogP contribution in [0.3, 0.4) is 0 Å². The molecule has 5 nitrogen and oxygen atoms in total. The average molecular weight is 379 g/mol. The molecule has 0 aromatic heterocycles. The van der Waals surface area contributed by atoms with Gasteiger partial charge in [-0.1, -0.05) is 12.1 Å². The largest absolute Gasteiger partial charge is 0.435 e. The van der Waals surface area contributed by atoms with Crippen LogP contribution in [-0.2, 0) is 4.79 Å². The van der Waals surface area contributed by atoms with Crippen LogP contribution in [0.1, 0.15) is 18.4 Å². The maximum Gasteiger partial charge on any atom is 0.387 e. The van der Waals surface area contributed by atoms with Crippen molar-refractivity contribution in [3.8, 4) is 5.75 Å². The molecular formula is C18H19F2N3O2S. The number of amides is 1. The van der Waals surface area contributed by atoms with Crippen LogP contribution in [0.25, 0.3) is 6.08 Å². The predicted molar refractivity (Wildman–Crippen MR) is 97.3 cm³/mol. The molecule has 3 heterocycles. The maximum absolute atomic E-state index is 12.2. The predicted octanol–water partition coefficient (Wildman–Crippen LogP) is 3.04. The number of benzene rings is 1. The molecule has 0 radical (unpaired) electrons. The van der Waals surface area contributed by atoms with Gasteiger partial charge in [0.15, 0.2) is 5.17 Å². The second-order valence-corrected chi connectivity index (χ2v) is 7.54. The number of amidine groups is 1. The van der Waals surface area contributed by atoms with Gasteiger partial charge in [0.1, 0.15) is 5.75 Å². The lowest BCUT2D eigenvalue weighted by Crippen LogP contribution is -2.51. The number of carbonyl (C=O) groups is 1. The quantitative estimate of drug-likeness (QED) is 0.756. The third-order valence-corrected chi connectivity index (χ3v) is 5.91. The van der Waals surface area contributed by atoms with E-state index in [1.807, 2.05) is 0 Å². The topological polar surface area (TPSA) is 45.1 Å². The van der Waals surface area contributed by atoms with E-state index in [0.29, 0.717) is 10.9 Å². The number of alkyl halides is 2. The van der Waals surface area contributed by atoms with Crippen molar-refractivity contribution in [3.05, 3.63) is 34.7 Å². The zero-order chi connectivity index (χ0) is 18.1. The summed E-state index contributed by atoms with van der Waals surface area (Å²) < 4.78 is 28.7. The molecule has 0 aliphatic carbocycles. The van der Waals surface area contributed by atoms with Gasteiger partial charge in [0.25, 0.3) is 5.91 Å². The van der Waals surface area contributed by atoms with Crippen molar-refractivity contribution in [3.63, 3.8) is 0 Å². The van der Waals surface area contributed by atoms with E-state index >= 15 is 0 Å². The van der Waals surface area contributed by atoms with Gasteiger partial charge in [-0.05, 0) is 54.9 Å². The van der Waals surface area contributed by atoms with Crippen LogP contribution in [0.15, 0.2) is 34.2 Å². The number of nitrogens with zero attached hydrogens (tertiary/aromatic N) is 3. The molecule has 8 heteroatoms. The zero-order valence-corrected chi connectivity index (χ0v) is 14.9. The monoisotopic (exact) mass is 379 g/mol. The van der Waals surface area contributed by atoms with Crippen molar-refractivity contribution >= 4 is 28.9 Å². The standard InChI is InChI=1S/C18H19F2N3O2S/c19-17(20)25-14-5-3-12(4-6-14)10-15-16(24)21-18(26-15)23-9-8-22-7-1-2-13(22)11-23/h3-6,10,13,17H,1-2,7-9,11H2/b15-10+/t13-/m1/s1. The van der Waals surface area contributed by atoms with Crippen LogP contribution in [-0.4, -0.2) is 59.7 Å². The Balaban J connectivity index is 1.42. The van der Waals surface area contributed by atoms with E-state index in [0.717, 1.165) is 30.4 Å². The molecule has 1 aromatic rings. The third-order valence-electron chi connectivity index (χ3n) is 4.87. The lowest BCUT2D eigenvalue weighted by molar-refractivity contribution is -0.113. The minimum atomic E-state index is -2.84. The molecule has 4 rings (SSSR count). The van der Waals surface area contributed by atoms with E-state index in [-0.39, 0.29) is 11.7 Å². The fraction of sp³-hybridized carbons (Fsp3) is 0.444. The van der Waals surface area contributed by atoms with Crippen molar-refractivity contribution in [1.29, 1.82) is 0 Å². The van der Waals surface area contributed by atoms with Gasteiger partial charge in [0.05, 0.1) is 4.91 Å². The number of aliphatic imine (C=N–C) groups is 1. The summed E-state index contributed by atoms with van der Waals surface area (Å²) in [5.41, 5.74) is 0.750. The first-order chi connectivity index (χ1) is 12.6. The number of hydrogen-bond acceptors (Lipinski definition) is 5. The Morgan fingerprint density at radius 1 is 1.23 bits per heavy atom. The molecule has 1 aromatic carbocycles. The van der Waals surface area contributed by atoms with Crippen LogP contribution < -0.4 is 4.74 Å². The normalized spacial score (nSPS) is 25.1. The second kappa shape index (κ2) is 7.36. The molecule has 0 N–H and O–H groups in total. The highest BCUT2D eigenvalue weighted by Gasteiger charge is 2.34. The number of hydrogen-bond donors (Lipinski definition) is 0. The summed E-state index contributed by atoms with van der Waals surface area (Å²) in [5.74, 6) is -0.148. The van der Waals surface area contributed by atoms with Crippen molar-refractivity contribution in [2.24, 2.45) is 4.99 Å². The van der Waals surface area contributed by atoms with Crippen LogP contribution in [0.2, 0.25) is 0 Å². The highest BCUT2D eigenvalue weighted by molar-refractivity contribution is 8.18. The van der Waals surface area contributed by atoms with Gasteiger partial charge < -0.3 is 9.64 Å². The van der Waals surface area contributed by atoms with E-state index in [1.165, 1.54) is 43.3 Å². The lowest BCUT2D eigenvalue weighted by Gasteiger charge is -2.38. The van der Waals surface area contributed by atoms with E-state index in [2.05, 4.69) is 19.5 Å². The molecule has 2 saturated heterocycles. The molecule has 3 aliphatic rings. The van der Waals surface area contributed by atoms with E-state index in [9.17, 15) is 13.6 Å². The SMILES string of the molecule is O=C1N=C(N2CCN3CCC[C@@H]3C2)S/C1=C/c1ccc(OC(F)F)cc1. The minimum Gasteiger partial charge on any atom is -0.435 e. The van der Waals surface area contributed by atoms with Crippen LogP contribution in [0.4, 0.5) is 8.78 Å². The number of ether oxygens (including phenoxy) is 1. The smallest absolute Gasteiger partial charge is 0.387 e. The Morgan fingerprint density at radius 3 is 2.81 bits per heavy atom. The Bertz CT molecular complexity index is 751. The molecule has 0 spiro atoms. The molecule has 0 saturated carbocycles. The number of fused-ring (bicyclic) bond motifs is 1. The van der Waals surface area contributed by atoms with Gasteiger partial charge in [-0.2, -0.15) is 13.8 Å².